The predicted molar refractivity (Wildman–Crippen MR) is 111 cm³/mol. The van der Waals surface area contributed by atoms with Crippen molar-refractivity contribution in [3.63, 3.8) is 0 Å². The van der Waals surface area contributed by atoms with Crippen molar-refractivity contribution in [1.29, 1.82) is 0 Å². The number of rotatable bonds is 8. The summed E-state index contributed by atoms with van der Waals surface area (Å²) >= 11 is 0. The summed E-state index contributed by atoms with van der Waals surface area (Å²) in [5, 5.41) is 15.4. The van der Waals surface area contributed by atoms with Gasteiger partial charge in [-0.05, 0) is 44.5 Å². The second-order valence-corrected chi connectivity index (χ2v) is 6.75. The highest BCUT2D eigenvalue weighted by Crippen LogP contribution is 2.23. The van der Waals surface area contributed by atoms with Crippen LogP contribution < -0.4 is 4.74 Å². The molecule has 0 atom stereocenters. The maximum atomic E-state index is 12.4. The van der Waals surface area contributed by atoms with E-state index in [0.717, 1.165) is 11.1 Å². The van der Waals surface area contributed by atoms with Gasteiger partial charge in [0.05, 0.1) is 23.6 Å². The Morgan fingerprint density at radius 1 is 1.13 bits per heavy atom. The van der Waals surface area contributed by atoms with Gasteiger partial charge in [-0.25, -0.2) is 4.79 Å². The largest absolute Gasteiger partial charge is 0.493 e. The van der Waals surface area contributed by atoms with Crippen LogP contribution >= 0.6 is 0 Å². The van der Waals surface area contributed by atoms with Crippen molar-refractivity contribution in [2.24, 2.45) is 0 Å². The Labute approximate surface area is 174 Å². The molecular weight excluding hydrogens is 386 g/mol. The molecule has 0 saturated carbocycles. The Hall–Kier alpha value is -3.68. The topological polar surface area (TPSA) is 96.5 Å². The van der Waals surface area contributed by atoms with Crippen molar-refractivity contribution in [3.05, 3.63) is 86.7 Å². The van der Waals surface area contributed by atoms with Gasteiger partial charge in [0.15, 0.2) is 0 Å². The maximum Gasteiger partial charge on any atom is 0.338 e. The Kier molecular flexibility index (Phi) is 6.46. The number of aromatic nitrogens is 2. The van der Waals surface area contributed by atoms with E-state index in [1.807, 2.05) is 31.2 Å². The number of para-hydroxylation sites is 1. The van der Waals surface area contributed by atoms with Gasteiger partial charge in [0.25, 0.3) is 0 Å². The molecule has 0 aliphatic heterocycles. The number of hydrogen-bond donors (Lipinski definition) is 0. The van der Waals surface area contributed by atoms with E-state index in [1.54, 1.807) is 42.8 Å². The first-order chi connectivity index (χ1) is 14.4. The summed E-state index contributed by atoms with van der Waals surface area (Å²) in [6.07, 6.45) is 0. The van der Waals surface area contributed by atoms with Crippen LogP contribution in [0.4, 0.5) is 5.69 Å². The average Bonchev–Trinajstić information content (AvgIpc) is 3.01. The van der Waals surface area contributed by atoms with Crippen LogP contribution in [0.2, 0.25) is 0 Å². The quantitative estimate of drug-likeness (QED) is 0.314. The molecule has 0 bridgehead atoms. The van der Waals surface area contributed by atoms with Crippen LogP contribution in [0, 0.1) is 24.0 Å². The van der Waals surface area contributed by atoms with Crippen molar-refractivity contribution in [1.82, 2.24) is 9.78 Å². The molecular formula is C22H23N3O5. The normalized spacial score (nSPS) is 10.6. The fourth-order valence-electron chi connectivity index (χ4n) is 3.17. The smallest absolute Gasteiger partial charge is 0.338 e. The number of carbonyl (C=O) groups is 1. The van der Waals surface area contributed by atoms with Crippen LogP contribution in [-0.4, -0.2) is 27.3 Å². The van der Waals surface area contributed by atoms with Gasteiger partial charge in [0, 0.05) is 5.56 Å². The molecule has 8 nitrogen and oxygen atoms in total. The number of benzene rings is 2. The summed E-state index contributed by atoms with van der Waals surface area (Å²) in [6, 6.07) is 14.3. The highest BCUT2D eigenvalue weighted by Gasteiger charge is 2.21. The minimum Gasteiger partial charge on any atom is -0.493 e. The molecule has 1 heterocycles. The predicted octanol–water partition coefficient (Wildman–Crippen LogP) is 4.21. The van der Waals surface area contributed by atoms with Crippen molar-refractivity contribution in [3.8, 4) is 5.75 Å². The molecule has 8 heteroatoms. The molecule has 0 N–H and O–H groups in total. The summed E-state index contributed by atoms with van der Waals surface area (Å²) in [4.78, 5) is 23.1. The molecule has 2 aromatic carbocycles. The average molecular weight is 409 g/mol. The molecule has 0 unspecified atom stereocenters. The van der Waals surface area contributed by atoms with E-state index in [2.05, 4.69) is 5.10 Å². The third-order valence-corrected chi connectivity index (χ3v) is 4.68. The first kappa shape index (κ1) is 21.0. The summed E-state index contributed by atoms with van der Waals surface area (Å²) in [7, 11) is 0. The van der Waals surface area contributed by atoms with Gasteiger partial charge in [-0.1, -0.05) is 30.3 Å². The summed E-state index contributed by atoms with van der Waals surface area (Å²) in [5.74, 6) is 0.261. The third-order valence-electron chi connectivity index (χ3n) is 4.68. The number of carbonyl (C=O) groups excluding carboxylic acids is 1. The minimum absolute atomic E-state index is 0.0301. The summed E-state index contributed by atoms with van der Waals surface area (Å²) in [5.41, 5.74) is 3.00. The summed E-state index contributed by atoms with van der Waals surface area (Å²) < 4.78 is 12.5. The lowest BCUT2D eigenvalue weighted by molar-refractivity contribution is -0.386. The van der Waals surface area contributed by atoms with E-state index in [-0.39, 0.29) is 12.3 Å². The van der Waals surface area contributed by atoms with Gasteiger partial charge in [0.1, 0.15) is 23.7 Å². The summed E-state index contributed by atoms with van der Waals surface area (Å²) in [6.45, 7) is 6.21. The van der Waals surface area contributed by atoms with Crippen molar-refractivity contribution in [2.45, 2.75) is 33.9 Å². The van der Waals surface area contributed by atoms with Gasteiger partial charge in [-0.15, -0.1) is 0 Å². The van der Waals surface area contributed by atoms with Gasteiger partial charge in [-0.3, -0.25) is 14.8 Å². The van der Waals surface area contributed by atoms with E-state index in [0.29, 0.717) is 35.9 Å². The second-order valence-electron chi connectivity index (χ2n) is 6.75. The lowest BCUT2D eigenvalue weighted by Crippen LogP contribution is -2.08. The molecule has 0 aliphatic rings. The molecule has 30 heavy (non-hydrogen) atoms. The third kappa shape index (κ3) is 4.65. The zero-order valence-electron chi connectivity index (χ0n) is 17.1. The van der Waals surface area contributed by atoms with Gasteiger partial charge in [0.2, 0.25) is 0 Å². The fourth-order valence-corrected chi connectivity index (χ4v) is 3.17. The molecule has 3 rings (SSSR count). The zero-order valence-corrected chi connectivity index (χ0v) is 17.1. The van der Waals surface area contributed by atoms with E-state index >= 15 is 0 Å². The lowest BCUT2D eigenvalue weighted by atomic mass is 10.1. The van der Waals surface area contributed by atoms with Crippen LogP contribution in [0.25, 0.3) is 0 Å². The molecule has 0 saturated heterocycles. The molecule has 0 radical (unpaired) electrons. The second kappa shape index (κ2) is 9.21. The van der Waals surface area contributed by atoms with E-state index in [1.165, 1.54) is 0 Å². The van der Waals surface area contributed by atoms with E-state index in [9.17, 15) is 14.9 Å². The Bertz CT molecular complexity index is 1060. The molecule has 0 aliphatic carbocycles. The van der Waals surface area contributed by atoms with Crippen LogP contribution in [0.1, 0.15) is 39.8 Å². The number of nitro groups is 1. The molecule has 3 aromatic rings. The van der Waals surface area contributed by atoms with Crippen molar-refractivity contribution < 1.29 is 19.2 Å². The molecule has 0 amide bonds. The van der Waals surface area contributed by atoms with Crippen molar-refractivity contribution >= 4 is 11.7 Å². The van der Waals surface area contributed by atoms with E-state index < -0.39 is 10.9 Å². The first-order valence-electron chi connectivity index (χ1n) is 9.55. The van der Waals surface area contributed by atoms with E-state index in [4.69, 9.17) is 9.47 Å². The Morgan fingerprint density at radius 2 is 1.83 bits per heavy atom. The number of ether oxygens (including phenoxy) is 2. The molecule has 1 aromatic heterocycles. The highest BCUT2D eigenvalue weighted by atomic mass is 16.6. The fraction of sp³-hybridized carbons (Fsp3) is 0.273. The molecule has 0 fully saturated rings. The zero-order chi connectivity index (χ0) is 21.7. The monoisotopic (exact) mass is 409 g/mol. The van der Waals surface area contributed by atoms with Crippen LogP contribution in [0.15, 0.2) is 48.5 Å². The standard InChI is InChI=1S/C22H23N3O5/c1-4-29-20-8-6-5-7-19(20)14-30-22(26)18-11-9-17(10-12-18)13-24-16(3)21(25(27)28)15(2)23-24/h5-12H,4,13-14H2,1-3H3. The Morgan fingerprint density at radius 3 is 2.47 bits per heavy atom. The van der Waals surface area contributed by atoms with Gasteiger partial charge in [-0.2, -0.15) is 5.10 Å². The highest BCUT2D eigenvalue weighted by molar-refractivity contribution is 5.89. The number of aryl methyl sites for hydroxylation is 1. The van der Waals surface area contributed by atoms with Crippen LogP contribution in [-0.2, 0) is 17.9 Å². The van der Waals surface area contributed by atoms with Crippen LogP contribution in [0.3, 0.4) is 0 Å². The van der Waals surface area contributed by atoms with Gasteiger partial charge >= 0.3 is 11.7 Å². The first-order valence-corrected chi connectivity index (χ1v) is 9.55. The molecule has 156 valence electrons. The van der Waals surface area contributed by atoms with Gasteiger partial charge < -0.3 is 9.47 Å². The maximum absolute atomic E-state index is 12.4. The Balaban J connectivity index is 1.65. The molecule has 0 spiro atoms. The minimum atomic E-state index is -0.436. The number of nitrogens with zero attached hydrogens (tertiary/aromatic N) is 3. The lowest BCUT2D eigenvalue weighted by Gasteiger charge is -2.11. The van der Waals surface area contributed by atoms with Crippen LogP contribution in [0.5, 0.6) is 5.75 Å². The van der Waals surface area contributed by atoms with Crippen molar-refractivity contribution in [2.75, 3.05) is 6.61 Å². The SMILES string of the molecule is CCOc1ccccc1COC(=O)c1ccc(Cn2nc(C)c([N+](=O)[O-])c2C)cc1. The number of esters is 1. The number of hydrogen-bond acceptors (Lipinski definition) is 6.